The fourth-order valence-electron chi connectivity index (χ4n) is 2.22. The van der Waals surface area contributed by atoms with Crippen LogP contribution in [-0.2, 0) is 4.79 Å². The molecule has 2 N–H and O–H groups in total. The van der Waals surface area contributed by atoms with E-state index in [9.17, 15) is 9.59 Å². The molecule has 0 spiro atoms. The molecule has 0 saturated carbocycles. The van der Waals surface area contributed by atoms with E-state index >= 15 is 0 Å². The first-order valence-corrected chi connectivity index (χ1v) is 8.68. The van der Waals surface area contributed by atoms with Gasteiger partial charge in [-0.1, -0.05) is 63.3 Å². The molecule has 0 saturated heterocycles. The topological polar surface area (TPSA) is 58.2 Å². The van der Waals surface area contributed by atoms with Crippen LogP contribution >= 0.6 is 11.6 Å². The largest absolute Gasteiger partial charge is 0.355 e. The van der Waals surface area contributed by atoms with Crippen LogP contribution in [0.25, 0.3) is 0 Å². The van der Waals surface area contributed by atoms with Crippen LogP contribution in [0.4, 0.5) is 0 Å². The van der Waals surface area contributed by atoms with Crippen molar-refractivity contribution < 1.29 is 9.59 Å². The van der Waals surface area contributed by atoms with E-state index in [4.69, 9.17) is 11.6 Å². The van der Waals surface area contributed by atoms with E-state index in [1.54, 1.807) is 24.3 Å². The predicted molar refractivity (Wildman–Crippen MR) is 94.7 cm³/mol. The highest BCUT2D eigenvalue weighted by Crippen LogP contribution is 2.14. The molecule has 0 aliphatic rings. The summed E-state index contributed by atoms with van der Waals surface area (Å²) >= 11 is 5.94. The summed E-state index contributed by atoms with van der Waals surface area (Å²) in [5.74, 6) is 0.253. The zero-order valence-corrected chi connectivity index (χ0v) is 14.8. The summed E-state index contributed by atoms with van der Waals surface area (Å²) in [4.78, 5) is 23.6. The number of amides is 2. The monoisotopic (exact) mass is 338 g/mol. The molecule has 0 aliphatic carbocycles. The van der Waals surface area contributed by atoms with E-state index in [1.807, 2.05) is 0 Å². The molecule has 0 unspecified atom stereocenters. The van der Waals surface area contributed by atoms with Crippen molar-refractivity contribution in [3.63, 3.8) is 0 Å². The Morgan fingerprint density at radius 2 is 1.74 bits per heavy atom. The van der Waals surface area contributed by atoms with Gasteiger partial charge < -0.3 is 10.6 Å². The molecular formula is C18H27ClN2O2. The summed E-state index contributed by atoms with van der Waals surface area (Å²) in [6.07, 6.45) is 5.82. The van der Waals surface area contributed by atoms with Gasteiger partial charge in [-0.25, -0.2) is 0 Å². The minimum atomic E-state index is -0.334. The summed E-state index contributed by atoms with van der Waals surface area (Å²) in [5, 5.41) is 5.78. The molecule has 2 amide bonds. The zero-order valence-electron chi connectivity index (χ0n) is 14.0. The maximum absolute atomic E-state index is 11.9. The highest BCUT2D eigenvalue weighted by atomic mass is 35.5. The minimum absolute atomic E-state index is 0.0304. The smallest absolute Gasteiger partial charge is 0.253 e. The number of hydrogen-bond donors (Lipinski definition) is 2. The quantitative estimate of drug-likeness (QED) is 0.638. The summed E-state index contributed by atoms with van der Waals surface area (Å²) in [5.41, 5.74) is 0.382. The highest BCUT2D eigenvalue weighted by molar-refractivity contribution is 6.33. The number of carbonyl (C=O) groups is 2. The minimum Gasteiger partial charge on any atom is -0.355 e. The van der Waals surface area contributed by atoms with E-state index in [-0.39, 0.29) is 18.4 Å². The summed E-state index contributed by atoms with van der Waals surface area (Å²) in [7, 11) is 0. The molecule has 0 heterocycles. The molecule has 0 aliphatic heterocycles. The SMILES string of the molecule is CC(C)CCCCCCNC(=O)CNC(=O)c1ccccc1Cl. The third kappa shape index (κ3) is 8.60. The Kier molecular flexibility index (Phi) is 9.37. The normalized spacial score (nSPS) is 10.6. The van der Waals surface area contributed by atoms with E-state index in [1.165, 1.54) is 19.3 Å². The first kappa shape index (κ1) is 19.5. The standard InChI is InChI=1S/C18H27ClN2O2/c1-14(2)9-5-3-4-8-12-20-17(22)13-21-18(23)15-10-6-7-11-16(15)19/h6-7,10-11,14H,3-5,8-9,12-13H2,1-2H3,(H,20,22)(H,21,23). The van der Waals surface area contributed by atoms with Crippen molar-refractivity contribution in [2.75, 3.05) is 13.1 Å². The van der Waals surface area contributed by atoms with Crippen LogP contribution in [0.1, 0.15) is 56.3 Å². The first-order valence-electron chi connectivity index (χ1n) is 8.30. The Morgan fingerprint density at radius 3 is 2.43 bits per heavy atom. The van der Waals surface area contributed by atoms with Crippen LogP contribution in [0.2, 0.25) is 5.02 Å². The number of hydrogen-bond acceptors (Lipinski definition) is 2. The third-order valence-corrected chi connectivity index (χ3v) is 3.89. The van der Waals surface area contributed by atoms with Crippen LogP contribution in [-0.4, -0.2) is 24.9 Å². The fourth-order valence-corrected chi connectivity index (χ4v) is 2.44. The second-order valence-electron chi connectivity index (χ2n) is 6.11. The van der Waals surface area contributed by atoms with Gasteiger partial charge in [-0.3, -0.25) is 9.59 Å². The Labute approximate surface area is 144 Å². The molecular weight excluding hydrogens is 312 g/mol. The van der Waals surface area contributed by atoms with Crippen molar-refractivity contribution in [3.8, 4) is 0 Å². The van der Waals surface area contributed by atoms with Crippen molar-refractivity contribution in [2.45, 2.75) is 46.0 Å². The van der Waals surface area contributed by atoms with Crippen molar-refractivity contribution >= 4 is 23.4 Å². The van der Waals surface area contributed by atoms with Gasteiger partial charge in [0.15, 0.2) is 0 Å². The third-order valence-electron chi connectivity index (χ3n) is 3.56. The number of benzene rings is 1. The number of rotatable bonds is 10. The molecule has 1 aromatic carbocycles. The van der Waals surface area contributed by atoms with Gasteiger partial charge in [0.2, 0.25) is 5.91 Å². The molecule has 0 fully saturated rings. The van der Waals surface area contributed by atoms with Gasteiger partial charge >= 0.3 is 0 Å². The second kappa shape index (κ2) is 11.1. The van der Waals surface area contributed by atoms with Gasteiger partial charge in [-0.2, -0.15) is 0 Å². The molecule has 0 atom stereocenters. The zero-order chi connectivity index (χ0) is 17.1. The molecule has 4 nitrogen and oxygen atoms in total. The van der Waals surface area contributed by atoms with Gasteiger partial charge in [0.1, 0.15) is 0 Å². The van der Waals surface area contributed by atoms with Crippen LogP contribution in [0, 0.1) is 5.92 Å². The maximum atomic E-state index is 11.9. The number of nitrogens with one attached hydrogen (secondary N) is 2. The van der Waals surface area contributed by atoms with Crippen LogP contribution in [0.5, 0.6) is 0 Å². The Morgan fingerprint density at radius 1 is 1.04 bits per heavy atom. The Bertz CT molecular complexity index is 504. The van der Waals surface area contributed by atoms with Crippen LogP contribution < -0.4 is 10.6 Å². The van der Waals surface area contributed by atoms with Gasteiger partial charge in [0.05, 0.1) is 17.1 Å². The summed E-state index contributed by atoms with van der Waals surface area (Å²) in [6, 6.07) is 6.77. The lowest BCUT2D eigenvalue weighted by Gasteiger charge is -2.08. The molecule has 1 rings (SSSR count). The second-order valence-corrected chi connectivity index (χ2v) is 6.52. The number of unbranched alkanes of at least 4 members (excludes halogenated alkanes) is 3. The molecule has 0 bridgehead atoms. The molecule has 0 radical (unpaired) electrons. The number of carbonyl (C=O) groups excluding carboxylic acids is 2. The highest BCUT2D eigenvalue weighted by Gasteiger charge is 2.10. The average molecular weight is 339 g/mol. The van der Waals surface area contributed by atoms with Crippen molar-refractivity contribution in [1.82, 2.24) is 10.6 Å². The molecule has 128 valence electrons. The van der Waals surface area contributed by atoms with E-state index in [2.05, 4.69) is 24.5 Å². The van der Waals surface area contributed by atoms with Crippen LogP contribution in [0.15, 0.2) is 24.3 Å². The van der Waals surface area contributed by atoms with Gasteiger partial charge in [-0.15, -0.1) is 0 Å². The Hall–Kier alpha value is -1.55. The number of halogens is 1. The lowest BCUT2D eigenvalue weighted by Crippen LogP contribution is -2.37. The fraction of sp³-hybridized carbons (Fsp3) is 0.556. The lowest BCUT2D eigenvalue weighted by atomic mass is 10.0. The maximum Gasteiger partial charge on any atom is 0.253 e. The predicted octanol–water partition coefficient (Wildman–Crippen LogP) is 3.79. The molecule has 5 heteroatoms. The average Bonchev–Trinajstić information content (AvgIpc) is 2.51. The van der Waals surface area contributed by atoms with E-state index in [0.29, 0.717) is 17.1 Å². The van der Waals surface area contributed by atoms with Crippen molar-refractivity contribution in [3.05, 3.63) is 34.9 Å². The van der Waals surface area contributed by atoms with E-state index < -0.39 is 0 Å². The lowest BCUT2D eigenvalue weighted by molar-refractivity contribution is -0.120. The van der Waals surface area contributed by atoms with Crippen molar-refractivity contribution in [1.29, 1.82) is 0 Å². The van der Waals surface area contributed by atoms with Gasteiger partial charge in [0, 0.05) is 6.54 Å². The van der Waals surface area contributed by atoms with Crippen LogP contribution in [0.3, 0.4) is 0 Å². The molecule has 1 aromatic rings. The van der Waals surface area contributed by atoms with Gasteiger partial charge in [0.25, 0.3) is 5.91 Å². The van der Waals surface area contributed by atoms with E-state index in [0.717, 1.165) is 18.8 Å². The first-order chi connectivity index (χ1) is 11.0. The van der Waals surface area contributed by atoms with Crippen molar-refractivity contribution in [2.24, 2.45) is 5.92 Å². The Balaban J connectivity index is 2.11. The molecule has 23 heavy (non-hydrogen) atoms. The van der Waals surface area contributed by atoms with Gasteiger partial charge in [-0.05, 0) is 24.5 Å². The summed E-state index contributed by atoms with van der Waals surface area (Å²) < 4.78 is 0. The molecule has 0 aromatic heterocycles. The summed E-state index contributed by atoms with van der Waals surface area (Å²) in [6.45, 7) is 5.09.